The zero-order chi connectivity index (χ0) is 20.8. The molecule has 3 heterocycles. The first kappa shape index (κ1) is 19.7. The number of primary amides is 1. The summed E-state index contributed by atoms with van der Waals surface area (Å²) >= 11 is 0. The van der Waals surface area contributed by atoms with Gasteiger partial charge in [0.15, 0.2) is 0 Å². The van der Waals surface area contributed by atoms with Crippen molar-refractivity contribution in [1.82, 2.24) is 14.8 Å². The second-order valence-corrected chi connectivity index (χ2v) is 8.93. The van der Waals surface area contributed by atoms with Gasteiger partial charge in [-0.05, 0) is 49.7 Å². The van der Waals surface area contributed by atoms with Gasteiger partial charge in [-0.25, -0.2) is 9.78 Å². The molecule has 0 atom stereocenters. The van der Waals surface area contributed by atoms with Gasteiger partial charge in [0.1, 0.15) is 11.4 Å². The average Bonchev–Trinajstić information content (AvgIpc) is 3.51. The van der Waals surface area contributed by atoms with Crippen LogP contribution in [-0.2, 0) is 4.79 Å². The smallest absolute Gasteiger partial charge is 0.327 e. The summed E-state index contributed by atoms with van der Waals surface area (Å²) in [4.78, 5) is 47.5. The summed E-state index contributed by atoms with van der Waals surface area (Å²) in [7, 11) is 0. The number of carbonyl (C=O) groups excluding carboxylic acids is 3. The normalized spacial score (nSPS) is 21.6. The standard InChI is InChI=1S/C21H29N5O3/c1-14(2)12-26-20(29)25(13-15-3-4-15)19(28)21(26)7-9-24(10-8-21)17-6-5-16(11-23-17)18(22)27/h5-6,11,14-15H,3-4,7-10,12-13H2,1-2H3,(H2,22,27). The maximum absolute atomic E-state index is 13.4. The first-order valence-corrected chi connectivity index (χ1v) is 10.5. The number of amides is 4. The molecule has 1 saturated carbocycles. The first-order valence-electron chi connectivity index (χ1n) is 10.5. The van der Waals surface area contributed by atoms with Crippen LogP contribution < -0.4 is 10.6 Å². The largest absolute Gasteiger partial charge is 0.366 e. The summed E-state index contributed by atoms with van der Waals surface area (Å²) < 4.78 is 0. The number of rotatable bonds is 6. The van der Waals surface area contributed by atoms with E-state index in [-0.39, 0.29) is 11.9 Å². The minimum absolute atomic E-state index is 0.0215. The van der Waals surface area contributed by atoms with E-state index in [1.165, 1.54) is 11.1 Å². The van der Waals surface area contributed by atoms with Crippen LogP contribution in [0.5, 0.6) is 0 Å². The van der Waals surface area contributed by atoms with Crippen molar-refractivity contribution in [3.05, 3.63) is 23.9 Å². The van der Waals surface area contributed by atoms with Gasteiger partial charge in [0, 0.05) is 32.4 Å². The molecule has 8 heteroatoms. The lowest BCUT2D eigenvalue weighted by atomic mass is 9.85. The molecule has 2 saturated heterocycles. The average molecular weight is 399 g/mol. The summed E-state index contributed by atoms with van der Waals surface area (Å²) in [5.41, 5.74) is 4.92. The highest BCUT2D eigenvalue weighted by Gasteiger charge is 2.58. The van der Waals surface area contributed by atoms with E-state index in [1.807, 2.05) is 4.90 Å². The zero-order valence-electron chi connectivity index (χ0n) is 17.1. The Hall–Kier alpha value is -2.64. The molecule has 2 N–H and O–H groups in total. The van der Waals surface area contributed by atoms with Crippen molar-refractivity contribution >= 4 is 23.7 Å². The van der Waals surface area contributed by atoms with Crippen LogP contribution in [0.3, 0.4) is 0 Å². The number of piperidine rings is 1. The predicted octanol–water partition coefficient (Wildman–Crippen LogP) is 1.85. The predicted molar refractivity (Wildman–Crippen MR) is 108 cm³/mol. The third kappa shape index (κ3) is 3.56. The van der Waals surface area contributed by atoms with E-state index in [0.717, 1.165) is 18.7 Å². The van der Waals surface area contributed by atoms with Crippen molar-refractivity contribution in [2.75, 3.05) is 31.1 Å². The minimum atomic E-state index is -0.736. The Morgan fingerprint density at radius 2 is 1.93 bits per heavy atom. The SMILES string of the molecule is CC(C)CN1C(=O)N(CC2CC2)C(=O)C12CCN(c1ccc(C(N)=O)cn1)CC2. The molecular weight excluding hydrogens is 370 g/mol. The van der Waals surface area contributed by atoms with Gasteiger partial charge in [-0.1, -0.05) is 13.8 Å². The van der Waals surface area contributed by atoms with Gasteiger partial charge in [0.05, 0.1) is 5.56 Å². The molecule has 4 rings (SSSR count). The van der Waals surface area contributed by atoms with Gasteiger partial charge in [-0.3, -0.25) is 14.5 Å². The van der Waals surface area contributed by atoms with Crippen LogP contribution in [0.2, 0.25) is 0 Å². The molecule has 1 aliphatic carbocycles. The number of carbonyl (C=O) groups is 3. The molecule has 0 bridgehead atoms. The van der Waals surface area contributed by atoms with E-state index >= 15 is 0 Å². The lowest BCUT2D eigenvalue weighted by molar-refractivity contribution is -0.134. The van der Waals surface area contributed by atoms with Crippen LogP contribution in [0.15, 0.2) is 18.3 Å². The van der Waals surface area contributed by atoms with E-state index in [1.54, 1.807) is 12.1 Å². The number of hydrogen-bond donors (Lipinski definition) is 1. The summed E-state index contributed by atoms with van der Waals surface area (Å²) in [6, 6.07) is 3.33. The van der Waals surface area contributed by atoms with Crippen LogP contribution in [0.1, 0.15) is 49.9 Å². The fourth-order valence-electron chi connectivity index (χ4n) is 4.43. The number of aromatic nitrogens is 1. The number of pyridine rings is 1. The van der Waals surface area contributed by atoms with Crippen LogP contribution in [0.4, 0.5) is 10.6 Å². The Balaban J connectivity index is 1.52. The van der Waals surface area contributed by atoms with E-state index in [0.29, 0.717) is 56.4 Å². The highest BCUT2D eigenvalue weighted by molar-refractivity contribution is 6.07. The van der Waals surface area contributed by atoms with Crippen LogP contribution >= 0.6 is 0 Å². The Bertz CT molecular complexity index is 810. The topological polar surface area (TPSA) is 99.8 Å². The molecule has 1 spiro atoms. The summed E-state index contributed by atoms with van der Waals surface area (Å²) in [6.07, 6.45) is 4.87. The van der Waals surface area contributed by atoms with Gasteiger partial charge in [-0.15, -0.1) is 0 Å². The Kier molecular flexibility index (Phi) is 4.96. The molecule has 8 nitrogen and oxygen atoms in total. The van der Waals surface area contributed by atoms with Gasteiger partial charge >= 0.3 is 6.03 Å². The van der Waals surface area contributed by atoms with E-state index in [2.05, 4.69) is 23.7 Å². The quantitative estimate of drug-likeness (QED) is 0.736. The van der Waals surface area contributed by atoms with Gasteiger partial charge in [-0.2, -0.15) is 0 Å². The van der Waals surface area contributed by atoms with Gasteiger partial charge in [0.25, 0.3) is 5.91 Å². The van der Waals surface area contributed by atoms with E-state index < -0.39 is 11.4 Å². The highest BCUT2D eigenvalue weighted by atomic mass is 16.2. The van der Waals surface area contributed by atoms with Crippen LogP contribution in [0.25, 0.3) is 0 Å². The van der Waals surface area contributed by atoms with Crippen molar-refractivity contribution in [3.8, 4) is 0 Å². The zero-order valence-corrected chi connectivity index (χ0v) is 17.1. The van der Waals surface area contributed by atoms with Gasteiger partial charge in [0.2, 0.25) is 5.91 Å². The molecule has 4 amide bonds. The number of anilines is 1. The second-order valence-electron chi connectivity index (χ2n) is 8.93. The van der Waals surface area contributed by atoms with E-state index in [9.17, 15) is 14.4 Å². The van der Waals surface area contributed by atoms with Crippen molar-refractivity contribution in [2.24, 2.45) is 17.6 Å². The monoisotopic (exact) mass is 399 g/mol. The molecule has 0 unspecified atom stereocenters. The molecule has 156 valence electrons. The molecule has 1 aromatic heterocycles. The Morgan fingerprint density at radius 3 is 2.45 bits per heavy atom. The maximum atomic E-state index is 13.4. The van der Waals surface area contributed by atoms with E-state index in [4.69, 9.17) is 5.73 Å². The lowest BCUT2D eigenvalue weighted by Gasteiger charge is -2.43. The number of nitrogens with zero attached hydrogens (tertiary/aromatic N) is 4. The van der Waals surface area contributed by atoms with Crippen LogP contribution in [0, 0.1) is 11.8 Å². The second kappa shape index (κ2) is 7.31. The Morgan fingerprint density at radius 1 is 1.24 bits per heavy atom. The van der Waals surface area contributed by atoms with Crippen molar-refractivity contribution in [1.29, 1.82) is 0 Å². The number of hydrogen-bond acceptors (Lipinski definition) is 5. The maximum Gasteiger partial charge on any atom is 0.327 e. The molecule has 3 aliphatic rings. The fraction of sp³-hybridized carbons (Fsp3) is 0.619. The molecule has 1 aromatic rings. The number of urea groups is 1. The van der Waals surface area contributed by atoms with Gasteiger partial charge < -0.3 is 15.5 Å². The summed E-state index contributed by atoms with van der Waals surface area (Å²) in [5, 5.41) is 0. The van der Waals surface area contributed by atoms with Crippen LogP contribution in [-0.4, -0.2) is 64.3 Å². The number of imide groups is 1. The van der Waals surface area contributed by atoms with Crippen molar-refractivity contribution in [2.45, 2.75) is 45.1 Å². The summed E-state index contributed by atoms with van der Waals surface area (Å²) in [6.45, 7) is 6.58. The first-order chi connectivity index (χ1) is 13.8. The Labute approximate surface area is 171 Å². The molecule has 0 radical (unpaired) electrons. The lowest BCUT2D eigenvalue weighted by Crippen LogP contribution is -2.57. The molecule has 29 heavy (non-hydrogen) atoms. The van der Waals surface area contributed by atoms with Crippen molar-refractivity contribution < 1.29 is 14.4 Å². The minimum Gasteiger partial charge on any atom is -0.366 e. The highest BCUT2D eigenvalue weighted by Crippen LogP contribution is 2.41. The summed E-state index contributed by atoms with van der Waals surface area (Å²) in [5.74, 6) is 1.01. The molecule has 2 aliphatic heterocycles. The third-order valence-corrected chi connectivity index (χ3v) is 6.25. The molecule has 0 aromatic carbocycles. The van der Waals surface area contributed by atoms with Crippen molar-refractivity contribution in [3.63, 3.8) is 0 Å². The molecule has 3 fully saturated rings. The number of nitrogens with two attached hydrogens (primary N) is 1. The third-order valence-electron chi connectivity index (χ3n) is 6.25. The molecular formula is C21H29N5O3. The fourth-order valence-corrected chi connectivity index (χ4v) is 4.43.